The molecule has 0 aliphatic heterocycles. The molecule has 1 aliphatic rings. The fraction of sp³-hybridized carbons (Fsp3) is 0.800. The quantitative estimate of drug-likeness (QED) is 0.666. The van der Waals surface area contributed by atoms with Crippen LogP contribution in [0.5, 0.6) is 0 Å². The van der Waals surface area contributed by atoms with Crippen molar-refractivity contribution in [1.82, 2.24) is 20.1 Å². The van der Waals surface area contributed by atoms with Crippen LogP contribution in [-0.2, 0) is 13.6 Å². The van der Waals surface area contributed by atoms with Gasteiger partial charge in [0.25, 0.3) is 0 Å². The zero-order valence-corrected chi connectivity index (χ0v) is 11.3. The van der Waals surface area contributed by atoms with Crippen LogP contribution in [0, 0.1) is 5.92 Å². The fourth-order valence-corrected chi connectivity index (χ4v) is 2.94. The molecule has 0 saturated heterocycles. The molecule has 19 heavy (non-hydrogen) atoms. The summed E-state index contributed by atoms with van der Waals surface area (Å²) in [6.07, 6.45) is -0.770. The van der Waals surface area contributed by atoms with Gasteiger partial charge in [0.15, 0.2) is 5.16 Å². The highest BCUT2D eigenvalue weighted by molar-refractivity contribution is 7.99. The van der Waals surface area contributed by atoms with Gasteiger partial charge in [-0.1, -0.05) is 11.8 Å². The van der Waals surface area contributed by atoms with Crippen LogP contribution in [0.25, 0.3) is 0 Å². The zero-order chi connectivity index (χ0) is 14.3. The molecule has 2 rings (SSSR count). The normalized spacial score (nSPS) is 24.2. The Morgan fingerprint density at radius 3 is 2.58 bits per heavy atom. The number of alkyl halides is 4. The lowest BCUT2D eigenvalue weighted by molar-refractivity contribution is -0.307. The number of halogens is 4. The Balaban J connectivity index is 1.94. The molecule has 0 amide bonds. The maximum absolute atomic E-state index is 13.1. The molecule has 0 radical (unpaired) electrons. The highest BCUT2D eigenvalue weighted by Gasteiger charge is 2.71. The van der Waals surface area contributed by atoms with Crippen LogP contribution in [0.3, 0.4) is 0 Å². The first kappa shape index (κ1) is 14.6. The van der Waals surface area contributed by atoms with E-state index in [1.165, 1.54) is 0 Å². The lowest BCUT2D eigenvalue weighted by Gasteiger charge is -2.43. The minimum absolute atomic E-state index is 0.0892. The van der Waals surface area contributed by atoms with Crippen molar-refractivity contribution >= 4 is 11.8 Å². The molecule has 1 saturated carbocycles. The summed E-state index contributed by atoms with van der Waals surface area (Å²) >= 11 is 1.03. The molecular formula is C10H14F4N4S. The van der Waals surface area contributed by atoms with Gasteiger partial charge in [-0.3, -0.25) is 0 Å². The van der Waals surface area contributed by atoms with Crippen LogP contribution in [0.1, 0.15) is 12.2 Å². The second-order valence-electron chi connectivity index (χ2n) is 4.53. The van der Waals surface area contributed by atoms with Crippen LogP contribution in [0.4, 0.5) is 17.6 Å². The molecule has 1 aromatic rings. The molecule has 1 heterocycles. The minimum atomic E-state index is -3.91. The molecule has 1 aliphatic carbocycles. The predicted octanol–water partition coefficient (Wildman–Crippen LogP) is 1.92. The maximum atomic E-state index is 13.1. The molecule has 1 fully saturated rings. The van der Waals surface area contributed by atoms with Gasteiger partial charge in [0, 0.05) is 25.1 Å². The second-order valence-corrected chi connectivity index (χ2v) is 5.51. The lowest BCUT2D eigenvalue weighted by Crippen LogP contribution is -2.59. The molecule has 0 unspecified atom stereocenters. The van der Waals surface area contributed by atoms with Gasteiger partial charge in [-0.05, 0) is 7.05 Å². The van der Waals surface area contributed by atoms with Crippen molar-refractivity contribution in [1.29, 1.82) is 0 Å². The lowest BCUT2D eigenvalue weighted by atomic mass is 9.78. The van der Waals surface area contributed by atoms with Crippen LogP contribution < -0.4 is 5.32 Å². The zero-order valence-electron chi connectivity index (χ0n) is 10.5. The monoisotopic (exact) mass is 298 g/mol. The number of nitrogens with zero attached hydrogens (tertiary/aromatic N) is 3. The summed E-state index contributed by atoms with van der Waals surface area (Å²) in [6.45, 7) is 0.502. The Kier molecular flexibility index (Phi) is 3.78. The van der Waals surface area contributed by atoms with E-state index in [4.69, 9.17) is 0 Å². The Bertz CT molecular complexity index is 462. The van der Waals surface area contributed by atoms with E-state index in [0.717, 1.165) is 11.8 Å². The van der Waals surface area contributed by atoms with E-state index < -0.39 is 24.2 Å². The number of nitrogens with one attached hydrogen (secondary N) is 1. The van der Waals surface area contributed by atoms with Crippen molar-refractivity contribution in [3.8, 4) is 0 Å². The highest BCUT2D eigenvalue weighted by Crippen LogP contribution is 2.56. The predicted molar refractivity (Wildman–Crippen MR) is 62.5 cm³/mol. The van der Waals surface area contributed by atoms with Crippen molar-refractivity contribution < 1.29 is 17.6 Å². The van der Waals surface area contributed by atoms with E-state index >= 15 is 0 Å². The molecule has 0 bridgehead atoms. The third kappa shape index (κ3) is 2.45. The van der Waals surface area contributed by atoms with Gasteiger partial charge in [-0.2, -0.15) is 17.6 Å². The summed E-state index contributed by atoms with van der Waals surface area (Å²) in [5, 5.41) is 11.1. The molecule has 0 spiro atoms. The number of hydrogen-bond acceptors (Lipinski definition) is 4. The third-order valence-electron chi connectivity index (χ3n) is 3.18. The van der Waals surface area contributed by atoms with E-state index in [9.17, 15) is 17.6 Å². The first-order valence-electron chi connectivity index (χ1n) is 5.71. The summed E-state index contributed by atoms with van der Waals surface area (Å²) in [6, 6.07) is 0. The Morgan fingerprint density at radius 2 is 2.05 bits per heavy atom. The first-order valence-corrected chi connectivity index (χ1v) is 6.69. The fourth-order valence-electron chi connectivity index (χ4n) is 1.86. The van der Waals surface area contributed by atoms with Crippen LogP contribution in [0.2, 0.25) is 0 Å². The molecular weight excluding hydrogens is 284 g/mol. The van der Waals surface area contributed by atoms with E-state index in [-0.39, 0.29) is 5.75 Å². The number of hydrogen-bond donors (Lipinski definition) is 1. The molecule has 108 valence electrons. The average Bonchev–Trinajstić information content (AvgIpc) is 2.67. The summed E-state index contributed by atoms with van der Waals surface area (Å²) in [7, 11) is 3.46. The standard InChI is InChI=1S/C10H14F4N4S/c1-15-4-7-16-17-8(18(7)2)19-5-6-3-9(11,12)10(6,13)14/h6,15H,3-5H2,1-2H3/t6-/m0/s1. The Hall–Kier alpha value is -0.830. The van der Waals surface area contributed by atoms with Gasteiger partial charge in [0.1, 0.15) is 5.82 Å². The van der Waals surface area contributed by atoms with E-state index in [0.29, 0.717) is 17.5 Å². The SMILES string of the molecule is CNCc1nnc(SC[C@@H]2CC(F)(F)C2(F)F)n1C. The topological polar surface area (TPSA) is 42.7 Å². The van der Waals surface area contributed by atoms with E-state index in [1.54, 1.807) is 18.7 Å². The van der Waals surface area contributed by atoms with E-state index in [2.05, 4.69) is 15.5 Å². The van der Waals surface area contributed by atoms with Crippen molar-refractivity contribution in [3.63, 3.8) is 0 Å². The van der Waals surface area contributed by atoms with Crippen LogP contribution >= 0.6 is 11.8 Å². The van der Waals surface area contributed by atoms with Crippen molar-refractivity contribution in [2.24, 2.45) is 13.0 Å². The van der Waals surface area contributed by atoms with Gasteiger partial charge in [0.05, 0.1) is 6.54 Å². The van der Waals surface area contributed by atoms with Gasteiger partial charge < -0.3 is 9.88 Å². The molecule has 0 aromatic carbocycles. The molecule has 4 nitrogen and oxygen atoms in total. The molecule has 1 atom stereocenters. The van der Waals surface area contributed by atoms with Crippen molar-refractivity contribution in [2.75, 3.05) is 12.8 Å². The van der Waals surface area contributed by atoms with Crippen molar-refractivity contribution in [2.45, 2.75) is 30.0 Å². The Labute approximate surface area is 112 Å². The van der Waals surface area contributed by atoms with E-state index in [1.807, 2.05) is 0 Å². The average molecular weight is 298 g/mol. The summed E-state index contributed by atoms with van der Waals surface area (Å²) in [5.41, 5.74) is 0. The maximum Gasteiger partial charge on any atom is 0.314 e. The number of aromatic nitrogens is 3. The van der Waals surface area contributed by atoms with Gasteiger partial charge in [0.2, 0.25) is 0 Å². The summed E-state index contributed by atoms with van der Waals surface area (Å²) in [5.74, 6) is -8.51. The van der Waals surface area contributed by atoms with Crippen molar-refractivity contribution in [3.05, 3.63) is 5.82 Å². The van der Waals surface area contributed by atoms with Gasteiger partial charge >= 0.3 is 11.8 Å². The third-order valence-corrected chi connectivity index (χ3v) is 4.36. The molecule has 1 aromatic heterocycles. The first-order chi connectivity index (χ1) is 8.79. The molecule has 9 heteroatoms. The summed E-state index contributed by atoms with van der Waals surface area (Å²) in [4.78, 5) is 0. The van der Waals surface area contributed by atoms with Crippen LogP contribution in [0.15, 0.2) is 5.16 Å². The van der Waals surface area contributed by atoms with Gasteiger partial charge in [-0.15, -0.1) is 10.2 Å². The largest absolute Gasteiger partial charge is 0.314 e. The highest BCUT2D eigenvalue weighted by atomic mass is 32.2. The number of thioether (sulfide) groups is 1. The van der Waals surface area contributed by atoms with Gasteiger partial charge in [-0.25, -0.2) is 0 Å². The minimum Gasteiger partial charge on any atom is -0.313 e. The van der Waals surface area contributed by atoms with Crippen LogP contribution in [-0.4, -0.2) is 39.4 Å². The number of rotatable bonds is 5. The Morgan fingerprint density at radius 1 is 1.37 bits per heavy atom. The summed E-state index contributed by atoms with van der Waals surface area (Å²) < 4.78 is 53.2. The second kappa shape index (κ2) is 4.93. The molecule has 1 N–H and O–H groups in total. The smallest absolute Gasteiger partial charge is 0.313 e.